The summed E-state index contributed by atoms with van der Waals surface area (Å²) in [5.74, 6) is -0.0389. The van der Waals surface area contributed by atoms with Crippen molar-refractivity contribution in [3.05, 3.63) is 30.2 Å². The Labute approximate surface area is 146 Å². The lowest BCUT2D eigenvalue weighted by Crippen LogP contribution is -2.61. The molecule has 7 nitrogen and oxygen atoms in total. The molecule has 2 aliphatic rings. The Hall–Kier alpha value is -2.44. The number of hydrogen-bond acceptors (Lipinski definition) is 4. The number of carbonyl (C=O) groups is 2. The zero-order valence-electron chi connectivity index (χ0n) is 14.5. The molecule has 2 aliphatic heterocycles. The van der Waals surface area contributed by atoms with Gasteiger partial charge in [0.2, 0.25) is 5.91 Å². The molecule has 2 amide bonds. The van der Waals surface area contributed by atoms with Crippen LogP contribution in [0.1, 0.15) is 49.5 Å². The van der Waals surface area contributed by atoms with E-state index in [9.17, 15) is 9.59 Å². The molecule has 132 valence electrons. The monoisotopic (exact) mass is 341 g/mol. The van der Waals surface area contributed by atoms with Crippen LogP contribution in [0.4, 0.5) is 0 Å². The Bertz CT molecular complexity index is 782. The highest BCUT2D eigenvalue weighted by Gasteiger charge is 2.52. The topological polar surface area (TPSA) is 70.8 Å². The van der Waals surface area contributed by atoms with Crippen LogP contribution in [0.3, 0.4) is 0 Å². The van der Waals surface area contributed by atoms with Gasteiger partial charge in [0.15, 0.2) is 11.3 Å². The molecule has 2 aromatic rings. The highest BCUT2D eigenvalue weighted by atomic mass is 16.2. The summed E-state index contributed by atoms with van der Waals surface area (Å²) in [6.07, 6.45) is 7.70. The van der Waals surface area contributed by atoms with Crippen molar-refractivity contribution in [2.24, 2.45) is 0 Å². The van der Waals surface area contributed by atoms with Crippen LogP contribution in [-0.4, -0.2) is 61.4 Å². The highest BCUT2D eigenvalue weighted by molar-refractivity contribution is 5.99. The number of hydrogen-bond donors (Lipinski definition) is 0. The predicted molar refractivity (Wildman–Crippen MR) is 92.1 cm³/mol. The van der Waals surface area contributed by atoms with Crippen LogP contribution >= 0.6 is 0 Å². The van der Waals surface area contributed by atoms with Crippen LogP contribution in [0.25, 0.3) is 5.65 Å². The number of fused-ring (bicyclic) bond motifs is 1. The van der Waals surface area contributed by atoms with Crippen molar-refractivity contribution in [2.75, 3.05) is 19.6 Å². The molecule has 1 spiro atoms. The van der Waals surface area contributed by atoms with Crippen molar-refractivity contribution in [2.45, 2.75) is 44.6 Å². The molecule has 0 saturated carbocycles. The second kappa shape index (κ2) is 6.13. The van der Waals surface area contributed by atoms with Gasteiger partial charge in [0.25, 0.3) is 5.91 Å². The molecule has 0 aliphatic carbocycles. The molecule has 2 fully saturated rings. The lowest BCUT2D eigenvalue weighted by Gasteiger charge is -2.44. The van der Waals surface area contributed by atoms with Crippen molar-refractivity contribution in [3.8, 4) is 0 Å². The number of nitrogens with zero attached hydrogens (tertiary/aromatic N) is 5. The van der Waals surface area contributed by atoms with Crippen LogP contribution in [0, 0.1) is 0 Å². The molecule has 7 heteroatoms. The fraction of sp³-hybridized carbons (Fsp3) is 0.556. The van der Waals surface area contributed by atoms with E-state index in [-0.39, 0.29) is 11.8 Å². The number of rotatable bonds is 3. The first-order valence-corrected chi connectivity index (χ1v) is 9.07. The van der Waals surface area contributed by atoms with Crippen LogP contribution in [0.5, 0.6) is 0 Å². The summed E-state index contributed by atoms with van der Waals surface area (Å²) in [5, 5.41) is 4.35. The number of aromatic nitrogens is 3. The maximum Gasteiger partial charge on any atom is 0.275 e. The quantitative estimate of drug-likeness (QED) is 0.852. The van der Waals surface area contributed by atoms with Gasteiger partial charge in [-0.3, -0.25) is 9.59 Å². The van der Waals surface area contributed by atoms with Gasteiger partial charge in [0.05, 0.1) is 0 Å². The van der Waals surface area contributed by atoms with Gasteiger partial charge in [-0.25, -0.2) is 9.50 Å². The third-order valence-corrected chi connectivity index (χ3v) is 5.39. The molecular weight excluding hydrogens is 318 g/mol. The number of likely N-dealkylation sites (tertiary alicyclic amines) is 2. The highest BCUT2D eigenvalue weighted by Crippen LogP contribution is 2.39. The van der Waals surface area contributed by atoms with Gasteiger partial charge in [0.1, 0.15) is 5.54 Å². The number of amides is 2. The van der Waals surface area contributed by atoms with Crippen LogP contribution in [0.15, 0.2) is 24.5 Å². The fourth-order valence-corrected chi connectivity index (χ4v) is 4.28. The number of piperidine rings is 1. The van der Waals surface area contributed by atoms with Crippen LogP contribution < -0.4 is 0 Å². The molecule has 4 rings (SSSR count). The summed E-state index contributed by atoms with van der Waals surface area (Å²) in [6, 6.07) is 3.48. The van der Waals surface area contributed by atoms with Crippen molar-refractivity contribution < 1.29 is 9.59 Å². The maximum absolute atomic E-state index is 13.2. The minimum absolute atomic E-state index is 0.119. The van der Waals surface area contributed by atoms with Gasteiger partial charge in [-0.2, -0.15) is 5.10 Å². The van der Waals surface area contributed by atoms with Crippen LogP contribution in [-0.2, 0) is 4.79 Å². The first-order valence-electron chi connectivity index (χ1n) is 9.07. The Kier molecular flexibility index (Phi) is 3.94. The molecule has 0 aromatic carbocycles. The lowest BCUT2D eigenvalue weighted by atomic mass is 9.85. The molecule has 1 atom stereocenters. The molecule has 1 unspecified atom stereocenters. The van der Waals surface area contributed by atoms with E-state index in [0.717, 1.165) is 45.2 Å². The Balaban J connectivity index is 1.66. The molecule has 0 radical (unpaired) electrons. The van der Waals surface area contributed by atoms with Gasteiger partial charge < -0.3 is 9.80 Å². The van der Waals surface area contributed by atoms with E-state index in [4.69, 9.17) is 0 Å². The SMILES string of the molecule is CCCN1CCCC2(CCCN2C(=O)c2cc3ncccn3n2)C1=O. The second-order valence-corrected chi connectivity index (χ2v) is 6.94. The van der Waals surface area contributed by atoms with Gasteiger partial charge >= 0.3 is 0 Å². The van der Waals surface area contributed by atoms with E-state index in [2.05, 4.69) is 17.0 Å². The molecular formula is C18H23N5O2. The predicted octanol–water partition coefficient (Wildman–Crippen LogP) is 1.74. The van der Waals surface area contributed by atoms with Gasteiger partial charge in [-0.05, 0) is 38.2 Å². The van der Waals surface area contributed by atoms with Gasteiger partial charge in [0, 0.05) is 38.1 Å². The van der Waals surface area contributed by atoms with Gasteiger partial charge in [-0.15, -0.1) is 0 Å². The molecule has 2 aromatic heterocycles. The summed E-state index contributed by atoms with van der Waals surface area (Å²) in [6.45, 7) is 4.26. The Morgan fingerprint density at radius 2 is 2.08 bits per heavy atom. The normalized spacial score (nSPS) is 23.8. The lowest BCUT2D eigenvalue weighted by molar-refractivity contribution is -0.145. The third kappa shape index (κ3) is 2.49. The minimum atomic E-state index is -0.673. The summed E-state index contributed by atoms with van der Waals surface area (Å²) < 4.78 is 1.60. The van der Waals surface area contributed by atoms with Crippen molar-refractivity contribution >= 4 is 17.5 Å². The summed E-state index contributed by atoms with van der Waals surface area (Å²) in [7, 11) is 0. The van der Waals surface area contributed by atoms with Gasteiger partial charge in [-0.1, -0.05) is 6.92 Å². The standard InChI is InChI=1S/C18H23N5O2/c1-2-9-21-10-3-6-18(17(21)25)7-4-11-22(18)16(24)14-13-15-19-8-5-12-23(15)20-14/h5,8,12-13H,2-4,6-7,9-11H2,1H3. The molecule has 0 bridgehead atoms. The van der Waals surface area contributed by atoms with Crippen molar-refractivity contribution in [1.29, 1.82) is 0 Å². The summed E-state index contributed by atoms with van der Waals surface area (Å²) >= 11 is 0. The van der Waals surface area contributed by atoms with E-state index in [1.807, 2.05) is 4.90 Å². The van der Waals surface area contributed by atoms with E-state index >= 15 is 0 Å². The average Bonchev–Trinajstić information content (AvgIpc) is 3.23. The van der Waals surface area contributed by atoms with E-state index in [0.29, 0.717) is 17.9 Å². The largest absolute Gasteiger partial charge is 0.341 e. The summed E-state index contributed by atoms with van der Waals surface area (Å²) in [4.78, 5) is 34.2. The van der Waals surface area contributed by atoms with Crippen LogP contribution in [0.2, 0.25) is 0 Å². The number of carbonyl (C=O) groups excluding carboxylic acids is 2. The molecule has 0 N–H and O–H groups in total. The van der Waals surface area contributed by atoms with E-state index < -0.39 is 5.54 Å². The summed E-state index contributed by atoms with van der Waals surface area (Å²) in [5.41, 5.74) is 0.329. The molecule has 25 heavy (non-hydrogen) atoms. The molecule has 4 heterocycles. The first kappa shape index (κ1) is 16.1. The zero-order valence-corrected chi connectivity index (χ0v) is 14.5. The average molecular weight is 341 g/mol. The van der Waals surface area contributed by atoms with Crippen molar-refractivity contribution in [1.82, 2.24) is 24.4 Å². The first-order chi connectivity index (χ1) is 12.2. The zero-order chi connectivity index (χ0) is 17.4. The molecule has 2 saturated heterocycles. The van der Waals surface area contributed by atoms with E-state index in [1.54, 1.807) is 33.9 Å². The Morgan fingerprint density at radius 3 is 2.84 bits per heavy atom. The van der Waals surface area contributed by atoms with E-state index in [1.165, 1.54) is 0 Å². The third-order valence-electron chi connectivity index (χ3n) is 5.39. The minimum Gasteiger partial charge on any atom is -0.341 e. The Morgan fingerprint density at radius 1 is 1.28 bits per heavy atom. The second-order valence-electron chi connectivity index (χ2n) is 6.94. The maximum atomic E-state index is 13.2. The smallest absolute Gasteiger partial charge is 0.275 e. The fourth-order valence-electron chi connectivity index (χ4n) is 4.28. The van der Waals surface area contributed by atoms with Crippen molar-refractivity contribution in [3.63, 3.8) is 0 Å².